The molecule has 12 N–H and O–H groups in total. The topological polar surface area (TPSA) is 388 Å². The predicted octanol–water partition coefficient (Wildman–Crippen LogP) is 15.9. The quantitative estimate of drug-likeness (QED) is 0.0231. The summed E-state index contributed by atoms with van der Waals surface area (Å²) in [7, 11) is 9.75. The van der Waals surface area contributed by atoms with Gasteiger partial charge in [-0.1, -0.05) is 127 Å². The first-order valence-corrected chi connectivity index (χ1v) is 32.2. The van der Waals surface area contributed by atoms with Crippen molar-refractivity contribution in [1.29, 1.82) is 0 Å². The fraction of sp³-hybridized carbons (Fsp3) is 0.177. The molecule has 6 aromatic rings. The number of nitrogens with one attached hydrogen (secondary N) is 1. The Bertz CT molecular complexity index is 3010. The summed E-state index contributed by atoms with van der Waals surface area (Å²) in [5, 5.41) is 42.4. The van der Waals surface area contributed by atoms with E-state index in [1.54, 1.807) is 140 Å². The normalized spacial score (nSPS) is 12.5. The average Bonchev–Trinajstić information content (AvgIpc) is 3.59. The van der Waals surface area contributed by atoms with E-state index in [4.69, 9.17) is 120 Å². The molecule has 0 aromatic heterocycles. The van der Waals surface area contributed by atoms with E-state index in [0.717, 1.165) is 34.2 Å². The second-order valence-electron chi connectivity index (χ2n) is 17.7. The third-order valence-corrected chi connectivity index (χ3v) is 12.8. The number of ether oxygens (including phenoxy) is 3. The second kappa shape index (κ2) is 48.1. The van der Waals surface area contributed by atoms with E-state index < -0.39 is 52.9 Å². The van der Waals surface area contributed by atoms with Crippen LogP contribution in [0.15, 0.2) is 146 Å². The van der Waals surface area contributed by atoms with Crippen molar-refractivity contribution in [2.24, 2.45) is 5.92 Å². The van der Waals surface area contributed by atoms with Gasteiger partial charge in [-0.2, -0.15) is 12.0 Å². The summed E-state index contributed by atoms with van der Waals surface area (Å²) in [6, 6.07) is 35.4. The van der Waals surface area contributed by atoms with Crippen molar-refractivity contribution in [2.45, 2.75) is 45.6 Å². The second-order valence-corrected chi connectivity index (χ2v) is 22.6. The summed E-state index contributed by atoms with van der Waals surface area (Å²) < 4.78 is 15.1. The van der Waals surface area contributed by atoms with Gasteiger partial charge in [-0.3, -0.25) is 14.4 Å². The van der Waals surface area contributed by atoms with Crippen molar-refractivity contribution < 1.29 is 121 Å². The number of carboxylic acid groups (broad SMARTS) is 5. The minimum absolute atomic E-state index is 0. The van der Waals surface area contributed by atoms with Crippen LogP contribution in [0.5, 0.6) is 17.2 Å². The Morgan fingerprint density at radius 2 is 0.767 bits per heavy atom. The number of carboxylic acids is 5. The van der Waals surface area contributed by atoms with Crippen LogP contribution in [0.2, 0.25) is 20.1 Å². The molecule has 7 rings (SSSR count). The van der Waals surface area contributed by atoms with Crippen LogP contribution in [0.1, 0.15) is 84.6 Å². The number of hydrogen-bond donors (Lipinski definition) is 5. The molecule has 0 spiro atoms. The van der Waals surface area contributed by atoms with E-state index in [9.17, 15) is 28.8 Å². The van der Waals surface area contributed by atoms with E-state index in [0.29, 0.717) is 59.9 Å². The Morgan fingerprint density at radius 1 is 0.489 bits per heavy atom. The summed E-state index contributed by atoms with van der Waals surface area (Å²) in [5.41, 5.74) is 13.1. The van der Waals surface area contributed by atoms with Crippen LogP contribution in [0.4, 0.5) is 0 Å². The van der Waals surface area contributed by atoms with E-state index in [1.165, 1.54) is 43.6 Å². The first-order chi connectivity index (χ1) is 40.7. The van der Waals surface area contributed by atoms with Crippen molar-refractivity contribution >= 4 is 131 Å². The minimum atomic E-state index is -1.82. The van der Waals surface area contributed by atoms with Gasteiger partial charge in [-0.25, -0.2) is 24.0 Å². The fourth-order valence-electron chi connectivity index (χ4n) is 6.72. The third-order valence-electron chi connectivity index (χ3n) is 11.2. The molecule has 0 heterocycles. The molecule has 0 aliphatic heterocycles. The number of aliphatic carboxylic acids is 5. The number of allylic oxidation sites excluding steroid dienone is 3. The van der Waals surface area contributed by atoms with Gasteiger partial charge in [-0.15, -0.1) is 0 Å². The van der Waals surface area contributed by atoms with Crippen LogP contribution in [0.25, 0.3) is 36.3 Å². The molecule has 0 amide bonds. The molecule has 0 radical (unpaired) electrons. The number of ketones is 3. The van der Waals surface area contributed by atoms with Crippen LogP contribution in [0, 0.1) is 26.7 Å². The van der Waals surface area contributed by atoms with Gasteiger partial charge < -0.3 is 70.2 Å². The first-order valence-electron chi connectivity index (χ1n) is 25.0. The fourth-order valence-corrected chi connectivity index (χ4v) is 7.25. The summed E-state index contributed by atoms with van der Waals surface area (Å²) in [6.07, 6.45) is 14.2. The summed E-state index contributed by atoms with van der Waals surface area (Å²) in [4.78, 5) is 85.7. The number of hydrogen-bond acceptors (Lipinski definition) is 11. The number of halogens is 6. The van der Waals surface area contributed by atoms with Gasteiger partial charge in [0, 0.05) is 26.7 Å². The molecule has 2 unspecified atom stereocenters. The molecule has 2 atom stereocenters. The van der Waals surface area contributed by atoms with E-state index in [2.05, 4.69) is 6.92 Å². The van der Waals surface area contributed by atoms with Gasteiger partial charge in [-0.05, 0) is 151 Å². The maximum Gasteiger partial charge on any atom is 2.00 e. The largest absolute Gasteiger partial charge is 2.00 e. The zero-order valence-electron chi connectivity index (χ0n) is 47.7. The zero-order valence-corrected chi connectivity index (χ0v) is 56.8. The van der Waals surface area contributed by atoms with Crippen molar-refractivity contribution in [3.63, 3.8) is 0 Å². The van der Waals surface area contributed by atoms with Gasteiger partial charge in [0.25, 0.3) is 0 Å². The van der Waals surface area contributed by atoms with Crippen LogP contribution in [0.3, 0.4) is 0 Å². The summed E-state index contributed by atoms with van der Waals surface area (Å²) in [6.45, 7) is 6.41. The number of rotatable bonds is 18. The molecule has 490 valence electrons. The maximum atomic E-state index is 12.1. The molecule has 1 aliphatic carbocycles. The number of benzene rings is 6. The molecule has 1 fully saturated rings. The van der Waals surface area contributed by atoms with Gasteiger partial charge in [0.15, 0.2) is 37.2 Å². The van der Waals surface area contributed by atoms with Crippen molar-refractivity contribution in [2.75, 3.05) is 19.8 Å². The Balaban J connectivity index is -0.00000109. The third kappa shape index (κ3) is 36.8. The number of nitrogens with two attached hydrogens (primary N) is 2. The smallest absolute Gasteiger partial charge is 0.693 e. The van der Waals surface area contributed by atoms with E-state index >= 15 is 0 Å². The molecule has 20 nitrogen and oxygen atoms in total. The molecular weight excluding hydrogens is 1660 g/mol. The zero-order chi connectivity index (χ0) is 64.3. The molecule has 1 saturated carbocycles. The molecular formula is C62H63Cl6N3O17Pt2. The van der Waals surface area contributed by atoms with Crippen molar-refractivity contribution in [3.05, 3.63) is 235 Å². The number of carbonyl (C=O) groups is 8. The molecule has 6 aromatic carbocycles. The van der Waals surface area contributed by atoms with Crippen molar-refractivity contribution in [3.8, 4) is 17.2 Å². The van der Waals surface area contributed by atoms with Crippen LogP contribution >= 0.6 is 65.2 Å². The van der Waals surface area contributed by atoms with Gasteiger partial charge in [0.2, 0.25) is 0 Å². The van der Waals surface area contributed by atoms with E-state index in [-0.39, 0.29) is 75.4 Å². The van der Waals surface area contributed by atoms with Gasteiger partial charge >= 0.3 is 86.2 Å². The SMILES string of the molecule is Cc1cc(C(=O)/C=C/c2ccc(OCC(=O)O)cc2)ccc1Cl.Cc1cc(C(=O)/C=C/c2ccc(OCC(=O)O)cc2)ccc1Cl.O.O=C(O)C(=O)O.O=C(O)COc1ccc(/C=C/C(=O)c2ccc(Cl)c(Cl)c2)cc1.[CH2-]C1CCCCC1[NH-].[Cl][Pt+2][Cl].[NH2-].[NH2-].[Pt+2]. The molecule has 90 heavy (non-hydrogen) atoms. The molecule has 0 saturated heterocycles. The first kappa shape index (κ1) is 87.5. The average molecular weight is 1730 g/mol. The molecule has 28 heteroatoms. The van der Waals surface area contributed by atoms with E-state index in [1.807, 2.05) is 13.8 Å². The number of carbonyl (C=O) groups excluding carboxylic acids is 3. The Kier molecular flexibility index (Phi) is 46.7. The molecule has 0 bridgehead atoms. The monoisotopic (exact) mass is 1720 g/mol. The maximum absolute atomic E-state index is 12.1. The van der Waals surface area contributed by atoms with Crippen molar-refractivity contribution in [1.82, 2.24) is 0 Å². The van der Waals surface area contributed by atoms with Crippen LogP contribution in [-0.4, -0.2) is 104 Å². The standard InChI is InChI=1S/2C18H15ClO4.C17H12Cl2O4.C7H13N.C2H2O4.2ClH.2H2N.H2O.2Pt/c2*1-12-10-14(5-8-16(12)19)17(20)9-4-13-2-6-15(7-3-13)23-11-18(21)22;18-14-7-4-12(9-15(14)19)16(20)8-3-11-1-5-13(6-2-11)23-10-17(21)22;1-6-4-2-3-5-7(6)8;3-1(4)2(5)6;;;;;;;/h2*2-10H,11H2,1H3,(H,21,22);1-9H,10H2,(H,21,22);6-8H,1-5H2;(H,3,4)(H,5,6);2*1H;3*1H2;;/q;;;-2;;;;2*-1;;+2;+4/p-2/b2*9-4+;8-3+;;;;;;;;;. The van der Waals surface area contributed by atoms with Crippen LogP contribution < -0.4 is 14.2 Å². The summed E-state index contributed by atoms with van der Waals surface area (Å²) >= 11 is 23.1. The molecule has 1 aliphatic rings. The Labute approximate surface area is 571 Å². The van der Waals surface area contributed by atoms with Gasteiger partial charge in [0.1, 0.15) is 17.2 Å². The Hall–Kier alpha value is -6.74. The van der Waals surface area contributed by atoms with Crippen LogP contribution in [-0.2, 0) is 61.5 Å². The summed E-state index contributed by atoms with van der Waals surface area (Å²) in [5.74, 6) is -5.39. The Morgan fingerprint density at radius 3 is 1.00 bits per heavy atom. The number of aryl methyl sites for hydroxylation is 2. The minimum Gasteiger partial charge on any atom is -0.693 e. The van der Waals surface area contributed by atoms with Gasteiger partial charge in [0.05, 0.1) is 10.0 Å². The predicted molar refractivity (Wildman–Crippen MR) is 344 cm³/mol.